The van der Waals surface area contributed by atoms with Crippen LogP contribution in [0.1, 0.15) is 106 Å². The SMILES string of the molecule is CCCCCCCCc1cnc(-c2ccc(C(=O)Oc3ccc(-c4ncc(CCCCCCC)cn4)cc3)cc2)nc1. The van der Waals surface area contributed by atoms with E-state index >= 15 is 0 Å². The number of benzene rings is 2. The highest BCUT2D eigenvalue weighted by molar-refractivity contribution is 5.91. The van der Waals surface area contributed by atoms with Crippen LogP contribution in [0.4, 0.5) is 0 Å². The first-order chi connectivity index (χ1) is 20.7. The number of hydrogen-bond donors (Lipinski definition) is 0. The van der Waals surface area contributed by atoms with Crippen LogP contribution in [-0.4, -0.2) is 25.9 Å². The van der Waals surface area contributed by atoms with Crippen LogP contribution in [0, 0.1) is 0 Å². The van der Waals surface area contributed by atoms with Gasteiger partial charge in [-0.15, -0.1) is 0 Å². The highest BCUT2D eigenvalue weighted by Gasteiger charge is 2.11. The normalized spacial score (nSPS) is 11.0. The van der Waals surface area contributed by atoms with Gasteiger partial charge in [0, 0.05) is 35.9 Å². The average Bonchev–Trinajstić information content (AvgIpc) is 3.04. The second kappa shape index (κ2) is 17.1. The first-order valence-electron chi connectivity index (χ1n) is 15.7. The van der Waals surface area contributed by atoms with Crippen LogP contribution < -0.4 is 4.74 Å². The highest BCUT2D eigenvalue weighted by Crippen LogP contribution is 2.22. The van der Waals surface area contributed by atoms with Gasteiger partial charge in [-0.1, -0.05) is 83.8 Å². The Morgan fingerprint density at radius 1 is 0.548 bits per heavy atom. The van der Waals surface area contributed by atoms with E-state index in [0.717, 1.165) is 29.5 Å². The van der Waals surface area contributed by atoms with Crippen LogP contribution in [0.3, 0.4) is 0 Å². The van der Waals surface area contributed by atoms with Gasteiger partial charge in [-0.3, -0.25) is 0 Å². The van der Waals surface area contributed by atoms with Gasteiger partial charge in [0.2, 0.25) is 0 Å². The molecule has 6 nitrogen and oxygen atoms in total. The minimum Gasteiger partial charge on any atom is -0.423 e. The van der Waals surface area contributed by atoms with Crippen molar-refractivity contribution in [2.75, 3.05) is 0 Å². The van der Waals surface area contributed by atoms with Crippen LogP contribution in [0.5, 0.6) is 5.75 Å². The predicted octanol–water partition coefficient (Wildman–Crippen LogP) is 9.24. The molecule has 0 aliphatic rings. The Labute approximate surface area is 251 Å². The van der Waals surface area contributed by atoms with Crippen molar-refractivity contribution in [2.24, 2.45) is 0 Å². The molecule has 0 bridgehead atoms. The summed E-state index contributed by atoms with van der Waals surface area (Å²) in [6.07, 6.45) is 23.6. The largest absolute Gasteiger partial charge is 0.423 e. The van der Waals surface area contributed by atoms with E-state index in [9.17, 15) is 4.79 Å². The van der Waals surface area contributed by atoms with Crippen LogP contribution in [0.2, 0.25) is 0 Å². The topological polar surface area (TPSA) is 77.9 Å². The number of aromatic nitrogens is 4. The molecule has 4 rings (SSSR count). The standard InChI is InChI=1S/C36H44N4O2/c1-3-5-7-9-11-13-15-29-24-37-34(38-25-29)30-16-18-32(19-17-30)36(41)42-33-22-20-31(21-23-33)35-39-26-28(27-40-35)14-12-10-8-6-4-2/h16-27H,3-15H2,1-2H3. The molecule has 4 aromatic rings. The first kappa shape index (κ1) is 31.0. The lowest BCUT2D eigenvalue weighted by molar-refractivity contribution is 0.0735. The molecule has 0 aliphatic carbocycles. The second-order valence-electron chi connectivity index (χ2n) is 11.0. The van der Waals surface area contributed by atoms with Crippen molar-refractivity contribution in [1.29, 1.82) is 0 Å². The van der Waals surface area contributed by atoms with Gasteiger partial charge in [0.25, 0.3) is 0 Å². The lowest BCUT2D eigenvalue weighted by Crippen LogP contribution is -2.08. The predicted molar refractivity (Wildman–Crippen MR) is 169 cm³/mol. The molecule has 0 N–H and O–H groups in total. The molecule has 0 unspecified atom stereocenters. The third kappa shape index (κ3) is 9.86. The zero-order chi connectivity index (χ0) is 29.4. The van der Waals surface area contributed by atoms with Crippen molar-refractivity contribution >= 4 is 5.97 Å². The summed E-state index contributed by atoms with van der Waals surface area (Å²) in [7, 11) is 0. The Hall–Kier alpha value is -3.93. The van der Waals surface area contributed by atoms with Crippen LogP contribution in [0.25, 0.3) is 22.8 Å². The fourth-order valence-electron chi connectivity index (χ4n) is 4.90. The summed E-state index contributed by atoms with van der Waals surface area (Å²) in [5.41, 5.74) is 4.54. The molecule has 2 aromatic carbocycles. The maximum absolute atomic E-state index is 12.7. The molecule has 220 valence electrons. The highest BCUT2D eigenvalue weighted by atomic mass is 16.5. The van der Waals surface area contributed by atoms with E-state index in [2.05, 4.69) is 33.8 Å². The first-order valence-corrected chi connectivity index (χ1v) is 15.7. The van der Waals surface area contributed by atoms with Gasteiger partial charge in [0.1, 0.15) is 5.75 Å². The Bertz CT molecular complexity index is 1340. The molecule has 6 heteroatoms. The number of aryl methyl sites for hydroxylation is 2. The Morgan fingerprint density at radius 3 is 1.40 bits per heavy atom. The molecule has 0 saturated heterocycles. The fourth-order valence-corrected chi connectivity index (χ4v) is 4.90. The summed E-state index contributed by atoms with van der Waals surface area (Å²) < 4.78 is 5.60. The number of rotatable bonds is 17. The van der Waals surface area contributed by atoms with E-state index in [0.29, 0.717) is 23.0 Å². The average molecular weight is 565 g/mol. The Morgan fingerprint density at radius 2 is 0.952 bits per heavy atom. The molecule has 42 heavy (non-hydrogen) atoms. The van der Waals surface area contributed by atoms with E-state index in [4.69, 9.17) is 4.74 Å². The van der Waals surface area contributed by atoms with E-state index in [1.165, 1.54) is 76.2 Å². The number of ether oxygens (including phenoxy) is 1. The van der Waals surface area contributed by atoms with Gasteiger partial charge >= 0.3 is 5.97 Å². The summed E-state index contributed by atoms with van der Waals surface area (Å²) in [6, 6.07) is 14.5. The van der Waals surface area contributed by atoms with Crippen LogP contribution in [0.15, 0.2) is 73.3 Å². The van der Waals surface area contributed by atoms with Gasteiger partial charge in [-0.25, -0.2) is 24.7 Å². The molecular formula is C36H44N4O2. The van der Waals surface area contributed by atoms with Gasteiger partial charge in [-0.2, -0.15) is 0 Å². The van der Waals surface area contributed by atoms with Crippen LogP contribution in [-0.2, 0) is 12.8 Å². The molecule has 0 radical (unpaired) electrons. The van der Waals surface area contributed by atoms with E-state index in [1.54, 1.807) is 24.3 Å². The summed E-state index contributed by atoms with van der Waals surface area (Å²) in [5.74, 6) is 1.38. The molecule has 0 spiro atoms. The molecule has 0 fully saturated rings. The molecular weight excluding hydrogens is 520 g/mol. The summed E-state index contributed by atoms with van der Waals surface area (Å²) in [5, 5.41) is 0. The summed E-state index contributed by atoms with van der Waals surface area (Å²) in [6.45, 7) is 4.47. The lowest BCUT2D eigenvalue weighted by atomic mass is 10.1. The number of hydrogen-bond acceptors (Lipinski definition) is 6. The minimum absolute atomic E-state index is 0.413. The Balaban J connectivity index is 1.25. The number of esters is 1. The number of unbranched alkanes of at least 4 members (excludes halogenated alkanes) is 9. The van der Waals surface area contributed by atoms with Crippen molar-refractivity contribution in [2.45, 2.75) is 97.3 Å². The van der Waals surface area contributed by atoms with Crippen molar-refractivity contribution < 1.29 is 9.53 Å². The zero-order valence-corrected chi connectivity index (χ0v) is 25.2. The monoisotopic (exact) mass is 564 g/mol. The third-order valence-corrected chi connectivity index (χ3v) is 7.50. The maximum atomic E-state index is 12.7. The van der Waals surface area contributed by atoms with Gasteiger partial charge in [0.05, 0.1) is 5.56 Å². The third-order valence-electron chi connectivity index (χ3n) is 7.50. The Kier molecular flexibility index (Phi) is 12.6. The quantitative estimate of drug-likeness (QED) is 0.0722. The minimum atomic E-state index is -0.413. The molecule has 0 atom stereocenters. The zero-order valence-electron chi connectivity index (χ0n) is 25.2. The molecule has 0 amide bonds. The summed E-state index contributed by atoms with van der Waals surface area (Å²) >= 11 is 0. The van der Waals surface area contributed by atoms with Crippen molar-refractivity contribution in [1.82, 2.24) is 19.9 Å². The van der Waals surface area contributed by atoms with Crippen molar-refractivity contribution in [3.8, 4) is 28.5 Å². The van der Waals surface area contributed by atoms with Gasteiger partial charge < -0.3 is 4.74 Å². The summed E-state index contributed by atoms with van der Waals surface area (Å²) in [4.78, 5) is 30.9. The number of carbonyl (C=O) groups is 1. The maximum Gasteiger partial charge on any atom is 0.343 e. The number of carbonyl (C=O) groups excluding carboxylic acids is 1. The fraction of sp³-hybridized carbons (Fsp3) is 0.417. The van der Waals surface area contributed by atoms with E-state index in [-0.39, 0.29) is 0 Å². The molecule has 2 aromatic heterocycles. The number of nitrogens with zero attached hydrogens (tertiary/aromatic N) is 4. The molecule has 0 aliphatic heterocycles. The van der Waals surface area contributed by atoms with Gasteiger partial charge in [0.15, 0.2) is 11.6 Å². The van der Waals surface area contributed by atoms with Crippen molar-refractivity contribution in [3.63, 3.8) is 0 Å². The second-order valence-corrected chi connectivity index (χ2v) is 11.0. The van der Waals surface area contributed by atoms with Crippen LogP contribution >= 0.6 is 0 Å². The van der Waals surface area contributed by atoms with E-state index < -0.39 is 5.97 Å². The smallest absolute Gasteiger partial charge is 0.343 e. The molecule has 2 heterocycles. The lowest BCUT2D eigenvalue weighted by Gasteiger charge is -2.07. The molecule has 0 saturated carbocycles. The van der Waals surface area contributed by atoms with E-state index in [1.807, 2.05) is 49.1 Å². The van der Waals surface area contributed by atoms with Gasteiger partial charge in [-0.05, 0) is 73.2 Å². The van der Waals surface area contributed by atoms with Crippen molar-refractivity contribution in [3.05, 3.63) is 90.0 Å².